The van der Waals surface area contributed by atoms with Crippen LogP contribution < -0.4 is 10.1 Å². The molecule has 0 aliphatic rings. The molecule has 0 aromatic heterocycles. The topological polar surface area (TPSA) is 41.5 Å². The molecule has 0 saturated heterocycles. The van der Waals surface area contributed by atoms with E-state index in [1.54, 1.807) is 19.2 Å². The molecule has 1 atom stereocenters. The fraction of sp³-hybridized carbons (Fsp3) is 0.250. The van der Waals surface area contributed by atoms with Crippen molar-refractivity contribution in [1.82, 2.24) is 0 Å². The highest BCUT2D eigenvalue weighted by molar-refractivity contribution is 5.55. The second-order valence-corrected chi connectivity index (χ2v) is 4.64. The summed E-state index contributed by atoms with van der Waals surface area (Å²) in [6, 6.07) is 13.4. The standard InChI is InChI=1S/C16H19NO2/c1-11-9-15(19-3)7-8-16(11)17-12(2)13-5-4-6-14(18)10-13/h4-10,12,17-18H,1-3H3. The fourth-order valence-corrected chi connectivity index (χ4v) is 2.04. The number of ether oxygens (including phenoxy) is 1. The minimum absolute atomic E-state index is 0.124. The maximum Gasteiger partial charge on any atom is 0.119 e. The predicted octanol–water partition coefficient (Wildman–Crippen LogP) is 3.88. The van der Waals surface area contributed by atoms with Crippen LogP contribution >= 0.6 is 0 Å². The lowest BCUT2D eigenvalue weighted by atomic mass is 10.1. The summed E-state index contributed by atoms with van der Waals surface area (Å²) in [5.74, 6) is 1.14. The van der Waals surface area contributed by atoms with Gasteiger partial charge in [0.15, 0.2) is 0 Å². The first-order chi connectivity index (χ1) is 9.10. The van der Waals surface area contributed by atoms with E-state index in [0.29, 0.717) is 0 Å². The van der Waals surface area contributed by atoms with E-state index in [-0.39, 0.29) is 11.8 Å². The van der Waals surface area contributed by atoms with Crippen molar-refractivity contribution in [1.29, 1.82) is 0 Å². The van der Waals surface area contributed by atoms with E-state index in [1.165, 1.54) is 0 Å². The van der Waals surface area contributed by atoms with Crippen LogP contribution in [-0.4, -0.2) is 12.2 Å². The number of aryl methyl sites for hydroxylation is 1. The van der Waals surface area contributed by atoms with Crippen molar-refractivity contribution in [3.8, 4) is 11.5 Å². The van der Waals surface area contributed by atoms with E-state index in [4.69, 9.17) is 4.74 Å². The monoisotopic (exact) mass is 257 g/mol. The lowest BCUT2D eigenvalue weighted by Gasteiger charge is -2.18. The van der Waals surface area contributed by atoms with Gasteiger partial charge in [-0.3, -0.25) is 0 Å². The molecule has 0 saturated carbocycles. The fourth-order valence-electron chi connectivity index (χ4n) is 2.04. The number of hydrogen-bond acceptors (Lipinski definition) is 3. The smallest absolute Gasteiger partial charge is 0.119 e. The minimum atomic E-state index is 0.124. The molecule has 19 heavy (non-hydrogen) atoms. The number of methoxy groups -OCH3 is 1. The number of phenolic OH excluding ortho intramolecular Hbond substituents is 1. The second kappa shape index (κ2) is 5.65. The molecule has 0 bridgehead atoms. The highest BCUT2D eigenvalue weighted by atomic mass is 16.5. The van der Waals surface area contributed by atoms with E-state index in [0.717, 1.165) is 22.6 Å². The van der Waals surface area contributed by atoms with Crippen molar-refractivity contribution in [2.75, 3.05) is 12.4 Å². The normalized spacial score (nSPS) is 11.9. The molecule has 0 amide bonds. The Morgan fingerprint density at radius 1 is 1.16 bits per heavy atom. The van der Waals surface area contributed by atoms with Crippen LogP contribution in [0.4, 0.5) is 5.69 Å². The molecular weight excluding hydrogens is 238 g/mol. The molecule has 2 N–H and O–H groups in total. The average Bonchev–Trinajstić information content (AvgIpc) is 2.41. The highest BCUT2D eigenvalue weighted by Crippen LogP contribution is 2.26. The first kappa shape index (κ1) is 13.3. The van der Waals surface area contributed by atoms with Crippen LogP contribution in [0.15, 0.2) is 42.5 Å². The van der Waals surface area contributed by atoms with Crippen molar-refractivity contribution in [2.24, 2.45) is 0 Å². The molecule has 2 aromatic carbocycles. The third kappa shape index (κ3) is 3.19. The third-order valence-corrected chi connectivity index (χ3v) is 3.18. The maximum atomic E-state index is 9.51. The third-order valence-electron chi connectivity index (χ3n) is 3.18. The van der Waals surface area contributed by atoms with Gasteiger partial charge in [-0.2, -0.15) is 0 Å². The first-order valence-electron chi connectivity index (χ1n) is 6.30. The van der Waals surface area contributed by atoms with Gasteiger partial charge in [0, 0.05) is 11.7 Å². The van der Waals surface area contributed by atoms with Crippen LogP contribution in [0.3, 0.4) is 0 Å². The van der Waals surface area contributed by atoms with Crippen molar-refractivity contribution < 1.29 is 9.84 Å². The summed E-state index contributed by atoms with van der Waals surface area (Å²) in [4.78, 5) is 0. The van der Waals surface area contributed by atoms with Gasteiger partial charge in [-0.15, -0.1) is 0 Å². The zero-order valence-electron chi connectivity index (χ0n) is 11.5. The molecule has 3 heteroatoms. The van der Waals surface area contributed by atoms with Gasteiger partial charge in [0.1, 0.15) is 11.5 Å². The molecule has 1 unspecified atom stereocenters. The van der Waals surface area contributed by atoms with E-state index in [1.807, 2.05) is 37.3 Å². The average molecular weight is 257 g/mol. The van der Waals surface area contributed by atoms with E-state index in [9.17, 15) is 5.11 Å². The number of anilines is 1. The number of rotatable bonds is 4. The highest BCUT2D eigenvalue weighted by Gasteiger charge is 2.08. The van der Waals surface area contributed by atoms with E-state index < -0.39 is 0 Å². The van der Waals surface area contributed by atoms with Crippen LogP contribution in [0, 0.1) is 6.92 Å². The lowest BCUT2D eigenvalue weighted by Crippen LogP contribution is -2.07. The quantitative estimate of drug-likeness (QED) is 0.873. The summed E-state index contributed by atoms with van der Waals surface area (Å²) >= 11 is 0. The molecule has 0 heterocycles. The summed E-state index contributed by atoms with van der Waals surface area (Å²) in [6.07, 6.45) is 0. The summed E-state index contributed by atoms with van der Waals surface area (Å²) in [7, 11) is 1.66. The van der Waals surface area contributed by atoms with E-state index in [2.05, 4.69) is 12.2 Å². The van der Waals surface area contributed by atoms with Crippen molar-refractivity contribution in [3.63, 3.8) is 0 Å². The molecule has 0 spiro atoms. The van der Waals surface area contributed by atoms with Gasteiger partial charge in [0.2, 0.25) is 0 Å². The number of phenols is 1. The first-order valence-corrected chi connectivity index (χ1v) is 6.30. The summed E-state index contributed by atoms with van der Waals surface area (Å²) in [5, 5.41) is 12.9. The van der Waals surface area contributed by atoms with Crippen LogP contribution in [0.1, 0.15) is 24.1 Å². The van der Waals surface area contributed by atoms with Crippen LogP contribution in [0.5, 0.6) is 11.5 Å². The molecular formula is C16H19NO2. The minimum Gasteiger partial charge on any atom is -0.508 e. The Bertz CT molecular complexity index is 566. The number of nitrogens with one attached hydrogen (secondary N) is 1. The molecule has 0 aliphatic heterocycles. The van der Waals surface area contributed by atoms with Crippen LogP contribution in [0.2, 0.25) is 0 Å². The van der Waals surface area contributed by atoms with Gasteiger partial charge >= 0.3 is 0 Å². The molecule has 0 radical (unpaired) electrons. The van der Waals surface area contributed by atoms with E-state index >= 15 is 0 Å². The van der Waals surface area contributed by atoms with Crippen LogP contribution in [-0.2, 0) is 0 Å². The lowest BCUT2D eigenvalue weighted by molar-refractivity contribution is 0.414. The number of benzene rings is 2. The SMILES string of the molecule is COc1ccc(NC(C)c2cccc(O)c2)c(C)c1. The molecule has 100 valence electrons. The Morgan fingerprint density at radius 3 is 2.58 bits per heavy atom. The van der Waals surface area contributed by atoms with Gasteiger partial charge in [-0.1, -0.05) is 12.1 Å². The van der Waals surface area contributed by atoms with Crippen molar-refractivity contribution >= 4 is 5.69 Å². The van der Waals surface area contributed by atoms with Gasteiger partial charge in [0.25, 0.3) is 0 Å². The number of hydrogen-bond donors (Lipinski definition) is 2. The molecule has 0 aliphatic carbocycles. The Labute approximate surface area is 113 Å². The van der Waals surface area contributed by atoms with Gasteiger partial charge in [-0.05, 0) is 55.3 Å². The Morgan fingerprint density at radius 2 is 1.95 bits per heavy atom. The number of aromatic hydroxyl groups is 1. The summed E-state index contributed by atoms with van der Waals surface area (Å²) in [5.41, 5.74) is 3.25. The zero-order valence-corrected chi connectivity index (χ0v) is 11.5. The van der Waals surface area contributed by atoms with Crippen LogP contribution in [0.25, 0.3) is 0 Å². The zero-order chi connectivity index (χ0) is 13.8. The maximum absolute atomic E-state index is 9.51. The summed E-state index contributed by atoms with van der Waals surface area (Å²) in [6.45, 7) is 4.11. The molecule has 0 fully saturated rings. The Balaban J connectivity index is 2.17. The molecule has 3 nitrogen and oxygen atoms in total. The molecule has 2 aromatic rings. The Hall–Kier alpha value is -2.16. The van der Waals surface area contributed by atoms with Crippen molar-refractivity contribution in [3.05, 3.63) is 53.6 Å². The largest absolute Gasteiger partial charge is 0.508 e. The van der Waals surface area contributed by atoms with Gasteiger partial charge < -0.3 is 15.2 Å². The van der Waals surface area contributed by atoms with Gasteiger partial charge in [-0.25, -0.2) is 0 Å². The van der Waals surface area contributed by atoms with Gasteiger partial charge in [0.05, 0.1) is 7.11 Å². The Kier molecular flexibility index (Phi) is 3.95. The molecule has 2 rings (SSSR count). The second-order valence-electron chi connectivity index (χ2n) is 4.64. The predicted molar refractivity (Wildman–Crippen MR) is 77.9 cm³/mol. The summed E-state index contributed by atoms with van der Waals surface area (Å²) < 4.78 is 5.19. The van der Waals surface area contributed by atoms with Crippen molar-refractivity contribution in [2.45, 2.75) is 19.9 Å².